The summed E-state index contributed by atoms with van der Waals surface area (Å²) in [4.78, 5) is 1.93. The average molecular weight is 484 g/mol. The minimum Gasteiger partial charge on any atom is -0.406 e. The summed E-state index contributed by atoms with van der Waals surface area (Å²) in [6, 6.07) is 10.3. The maximum atomic E-state index is 14.4. The summed E-state index contributed by atoms with van der Waals surface area (Å²) >= 11 is 7.73. The van der Waals surface area contributed by atoms with Gasteiger partial charge in [0, 0.05) is 28.6 Å². The first-order valence-electron chi connectivity index (χ1n) is 9.47. The number of nitrogens with zero attached hydrogens (tertiary/aromatic N) is 2. The van der Waals surface area contributed by atoms with Gasteiger partial charge in [-0.05, 0) is 61.4 Å². The highest BCUT2D eigenvalue weighted by molar-refractivity contribution is 7.16. The van der Waals surface area contributed by atoms with Crippen LogP contribution in [-0.4, -0.2) is 18.4 Å². The predicted octanol–water partition coefficient (Wildman–Crippen LogP) is 6.89. The molecule has 0 saturated carbocycles. The molecule has 0 amide bonds. The van der Waals surface area contributed by atoms with E-state index in [0.29, 0.717) is 0 Å². The molecule has 1 aliphatic heterocycles. The van der Waals surface area contributed by atoms with Crippen molar-refractivity contribution in [2.45, 2.75) is 20.2 Å². The molecule has 0 atom stereocenters. The highest BCUT2D eigenvalue weighted by atomic mass is 35.5. The van der Waals surface area contributed by atoms with Crippen molar-refractivity contribution in [1.29, 1.82) is 0 Å². The van der Waals surface area contributed by atoms with Gasteiger partial charge in [-0.25, -0.2) is 4.39 Å². The van der Waals surface area contributed by atoms with E-state index < -0.39 is 12.2 Å². The number of aryl methyl sites for hydroxylation is 1. The average Bonchev–Trinajstić information content (AvgIpc) is 3.20. The van der Waals surface area contributed by atoms with Gasteiger partial charge in [0.2, 0.25) is 0 Å². The molecule has 0 aliphatic carbocycles. The molecular weight excluding hydrogens is 466 g/mol. The largest absolute Gasteiger partial charge is 0.573 e. The summed E-state index contributed by atoms with van der Waals surface area (Å²) in [6.07, 6.45) is -2.97. The summed E-state index contributed by atoms with van der Waals surface area (Å²) in [5, 5.41) is 3.55. The maximum Gasteiger partial charge on any atom is 0.573 e. The molecule has 1 aromatic heterocycles. The number of para-hydroxylation sites is 1. The summed E-state index contributed by atoms with van der Waals surface area (Å²) in [5.74, 6) is -0.733. The molecule has 10 heteroatoms. The lowest BCUT2D eigenvalue weighted by molar-refractivity contribution is -0.274. The molecule has 2 heterocycles. The second kappa shape index (κ2) is 8.31. The van der Waals surface area contributed by atoms with Crippen LogP contribution in [0, 0.1) is 19.7 Å². The smallest absolute Gasteiger partial charge is 0.406 e. The number of hydrazine groups is 2. The molecule has 0 bridgehead atoms. The number of rotatable bonds is 4. The highest BCUT2D eigenvalue weighted by Gasteiger charge is 2.31. The number of halogens is 5. The Bertz CT molecular complexity index is 1170. The van der Waals surface area contributed by atoms with Gasteiger partial charge in [-0.1, -0.05) is 17.7 Å². The molecular formula is C22H18ClF4N3OS. The van der Waals surface area contributed by atoms with Crippen LogP contribution in [-0.2, 0) is 0 Å². The van der Waals surface area contributed by atoms with E-state index in [1.54, 1.807) is 36.5 Å². The summed E-state index contributed by atoms with van der Waals surface area (Å²) < 4.78 is 55.6. The minimum atomic E-state index is -4.73. The van der Waals surface area contributed by atoms with Gasteiger partial charge in [0.15, 0.2) is 0 Å². The van der Waals surface area contributed by atoms with Crippen molar-refractivity contribution in [1.82, 2.24) is 10.5 Å². The predicted molar refractivity (Wildman–Crippen MR) is 119 cm³/mol. The van der Waals surface area contributed by atoms with Crippen LogP contribution in [0.5, 0.6) is 5.75 Å². The zero-order valence-corrected chi connectivity index (χ0v) is 18.8. The molecule has 168 valence electrons. The Morgan fingerprint density at radius 1 is 1.06 bits per heavy atom. The first-order chi connectivity index (χ1) is 15.0. The minimum absolute atomic E-state index is 0.210. The van der Waals surface area contributed by atoms with Crippen molar-refractivity contribution >= 4 is 34.3 Å². The monoisotopic (exact) mass is 483 g/mol. The van der Waals surface area contributed by atoms with Crippen LogP contribution in [0.1, 0.15) is 16.0 Å². The molecule has 3 aromatic rings. The van der Waals surface area contributed by atoms with E-state index in [2.05, 4.69) is 10.3 Å². The SMILES string of the molecule is Cc1sc(-c2ccc(OC(F)(F)F)cc2)c(C)c1C1=CN(c2c(F)cccc2Cl)NN1C. The van der Waals surface area contributed by atoms with Gasteiger partial charge in [-0.2, -0.15) is 0 Å². The number of thiophene rings is 1. The van der Waals surface area contributed by atoms with Crippen molar-refractivity contribution in [2.75, 3.05) is 12.1 Å². The maximum absolute atomic E-state index is 14.4. The first-order valence-corrected chi connectivity index (χ1v) is 10.7. The third-order valence-electron chi connectivity index (χ3n) is 4.98. The Kier molecular flexibility index (Phi) is 5.83. The Labute approximate surface area is 191 Å². The van der Waals surface area contributed by atoms with E-state index in [4.69, 9.17) is 11.6 Å². The Balaban J connectivity index is 1.69. The number of ether oxygens (including phenoxy) is 1. The van der Waals surface area contributed by atoms with Gasteiger partial charge >= 0.3 is 6.36 Å². The summed E-state index contributed by atoms with van der Waals surface area (Å²) in [7, 11) is 1.81. The van der Waals surface area contributed by atoms with Gasteiger partial charge in [0.05, 0.1) is 10.7 Å². The topological polar surface area (TPSA) is 27.7 Å². The Morgan fingerprint density at radius 2 is 1.75 bits per heavy atom. The quantitative estimate of drug-likeness (QED) is 0.409. The van der Waals surface area contributed by atoms with Gasteiger partial charge < -0.3 is 4.74 Å². The molecule has 0 unspecified atom stereocenters. The molecule has 1 N–H and O–H groups in total. The van der Waals surface area contributed by atoms with Gasteiger partial charge in [-0.3, -0.25) is 10.0 Å². The van der Waals surface area contributed by atoms with Gasteiger partial charge in [0.25, 0.3) is 0 Å². The van der Waals surface area contributed by atoms with E-state index in [0.717, 1.165) is 32.1 Å². The fourth-order valence-electron chi connectivity index (χ4n) is 3.63. The number of alkyl halides is 3. The van der Waals surface area contributed by atoms with E-state index in [1.807, 2.05) is 13.8 Å². The standard InChI is InChI=1S/C22H18ClF4N3OS/c1-12-19(18-11-30(28-29(18)3)20-16(23)5-4-6-17(20)24)13(2)32-21(12)14-7-9-15(10-8-14)31-22(25,26)27/h4-11,28H,1-3H3. The number of hydrogen-bond donors (Lipinski definition) is 1. The van der Waals surface area contributed by atoms with Crippen LogP contribution in [0.3, 0.4) is 0 Å². The van der Waals surface area contributed by atoms with Crippen molar-refractivity contribution in [3.05, 3.63) is 75.5 Å². The summed E-state index contributed by atoms with van der Waals surface area (Å²) in [5.41, 5.74) is 6.76. The van der Waals surface area contributed by atoms with Crippen LogP contribution >= 0.6 is 22.9 Å². The lowest BCUT2D eigenvalue weighted by Gasteiger charge is -2.22. The van der Waals surface area contributed by atoms with E-state index >= 15 is 0 Å². The lowest BCUT2D eigenvalue weighted by atomic mass is 10.0. The zero-order valence-electron chi connectivity index (χ0n) is 17.2. The Hall–Kier alpha value is -2.75. The molecule has 1 aliphatic rings. The highest BCUT2D eigenvalue weighted by Crippen LogP contribution is 2.42. The molecule has 4 nitrogen and oxygen atoms in total. The third-order valence-corrected chi connectivity index (χ3v) is 6.54. The fraction of sp³-hybridized carbons (Fsp3) is 0.182. The zero-order chi connectivity index (χ0) is 23.2. The normalized spacial score (nSPS) is 14.2. The molecule has 0 fully saturated rings. The van der Waals surface area contributed by atoms with Crippen LogP contribution < -0.4 is 15.3 Å². The fourth-order valence-corrected chi connectivity index (χ4v) is 5.06. The second-order valence-corrected chi connectivity index (χ2v) is 8.81. The second-order valence-electron chi connectivity index (χ2n) is 7.17. The number of nitrogens with one attached hydrogen (secondary N) is 1. The van der Waals surface area contributed by atoms with E-state index in [-0.39, 0.29) is 16.5 Å². The van der Waals surface area contributed by atoms with Gasteiger partial charge in [0.1, 0.15) is 17.3 Å². The molecule has 2 aromatic carbocycles. The molecule has 0 radical (unpaired) electrons. The number of hydrogen-bond acceptors (Lipinski definition) is 5. The number of anilines is 1. The van der Waals surface area contributed by atoms with E-state index in [9.17, 15) is 17.6 Å². The van der Waals surface area contributed by atoms with Crippen molar-refractivity contribution in [3.8, 4) is 16.2 Å². The molecule has 0 saturated heterocycles. The van der Waals surface area contributed by atoms with Crippen molar-refractivity contribution in [3.63, 3.8) is 0 Å². The number of benzene rings is 2. The lowest BCUT2D eigenvalue weighted by Crippen LogP contribution is -2.38. The van der Waals surface area contributed by atoms with Crippen molar-refractivity contribution < 1.29 is 22.3 Å². The van der Waals surface area contributed by atoms with E-state index in [1.165, 1.54) is 40.6 Å². The molecule has 4 rings (SSSR count). The first kappa shape index (κ1) is 22.4. The van der Waals surface area contributed by atoms with Crippen LogP contribution in [0.2, 0.25) is 5.02 Å². The molecule has 32 heavy (non-hydrogen) atoms. The van der Waals surface area contributed by atoms with Crippen LogP contribution in [0.4, 0.5) is 23.2 Å². The van der Waals surface area contributed by atoms with Gasteiger partial charge in [-0.15, -0.1) is 30.0 Å². The summed E-state index contributed by atoms with van der Waals surface area (Å²) in [6.45, 7) is 3.91. The third kappa shape index (κ3) is 4.28. The van der Waals surface area contributed by atoms with Crippen molar-refractivity contribution in [2.24, 2.45) is 0 Å². The van der Waals surface area contributed by atoms with Crippen LogP contribution in [0.25, 0.3) is 16.1 Å². The molecule has 0 spiro atoms. The van der Waals surface area contributed by atoms with Crippen LogP contribution in [0.15, 0.2) is 48.7 Å². The Morgan fingerprint density at radius 3 is 2.38 bits per heavy atom.